The highest BCUT2D eigenvalue weighted by atomic mass is 15.0. The lowest BCUT2D eigenvalue weighted by atomic mass is 9.65. The molecule has 0 amide bonds. The van der Waals surface area contributed by atoms with Crippen LogP contribution >= 0.6 is 0 Å². The van der Waals surface area contributed by atoms with Crippen LogP contribution in [0, 0.1) is 11.3 Å². The lowest BCUT2D eigenvalue weighted by Gasteiger charge is -2.44. The van der Waals surface area contributed by atoms with Crippen LogP contribution in [0.5, 0.6) is 0 Å². The average molecular weight is 239 g/mol. The summed E-state index contributed by atoms with van der Waals surface area (Å²) < 4.78 is 0. The van der Waals surface area contributed by atoms with Crippen LogP contribution in [0.3, 0.4) is 0 Å². The van der Waals surface area contributed by atoms with Gasteiger partial charge < -0.3 is 5.32 Å². The molecule has 0 aliphatic heterocycles. The Bertz CT molecular complexity index is 208. The van der Waals surface area contributed by atoms with E-state index in [9.17, 15) is 0 Å². The minimum Gasteiger partial charge on any atom is -0.312 e. The molecule has 0 aromatic carbocycles. The molecule has 1 aliphatic carbocycles. The van der Waals surface area contributed by atoms with Gasteiger partial charge in [-0.1, -0.05) is 46.0 Å². The first kappa shape index (κ1) is 15.0. The van der Waals surface area contributed by atoms with Gasteiger partial charge in [-0.05, 0) is 44.9 Å². The highest BCUT2D eigenvalue weighted by Crippen LogP contribution is 2.44. The Morgan fingerprint density at radius 1 is 1.12 bits per heavy atom. The predicted octanol–water partition coefficient (Wildman–Crippen LogP) is 4.76. The van der Waals surface area contributed by atoms with Gasteiger partial charge in [0, 0.05) is 12.1 Å². The zero-order valence-corrected chi connectivity index (χ0v) is 12.7. The fourth-order valence-electron chi connectivity index (χ4n) is 3.28. The van der Waals surface area contributed by atoms with Gasteiger partial charge in [0.25, 0.3) is 0 Å². The number of hydrogen-bond donors (Lipinski definition) is 1. The summed E-state index contributed by atoms with van der Waals surface area (Å²) in [6, 6.07) is 0. The monoisotopic (exact) mass is 239 g/mol. The molecule has 1 N–H and O–H groups in total. The van der Waals surface area contributed by atoms with Crippen molar-refractivity contribution in [3.63, 3.8) is 0 Å². The first-order valence-electron chi connectivity index (χ1n) is 7.65. The van der Waals surface area contributed by atoms with Crippen LogP contribution in [0.25, 0.3) is 0 Å². The fraction of sp³-hybridized carbons (Fsp3) is 1.00. The van der Waals surface area contributed by atoms with Gasteiger partial charge in [-0.2, -0.15) is 0 Å². The smallest absolute Gasteiger partial charge is 0.00967 e. The molecule has 17 heavy (non-hydrogen) atoms. The van der Waals surface area contributed by atoms with Crippen LogP contribution in [-0.4, -0.2) is 12.1 Å². The van der Waals surface area contributed by atoms with Gasteiger partial charge in [0.1, 0.15) is 0 Å². The third kappa shape index (κ3) is 4.62. The molecule has 1 heteroatoms. The molecule has 102 valence electrons. The third-order valence-corrected chi connectivity index (χ3v) is 4.59. The zero-order chi connectivity index (χ0) is 12.9. The van der Waals surface area contributed by atoms with E-state index >= 15 is 0 Å². The van der Waals surface area contributed by atoms with Gasteiger partial charge in [0.05, 0.1) is 0 Å². The lowest BCUT2D eigenvalue weighted by molar-refractivity contribution is 0.0888. The second-order valence-corrected chi connectivity index (χ2v) is 7.22. The first-order valence-corrected chi connectivity index (χ1v) is 7.65. The molecule has 0 aromatic rings. The van der Waals surface area contributed by atoms with Gasteiger partial charge in [-0.15, -0.1) is 0 Å². The molecular weight excluding hydrogens is 206 g/mol. The van der Waals surface area contributed by atoms with Crippen molar-refractivity contribution in [3.8, 4) is 0 Å². The highest BCUT2D eigenvalue weighted by molar-refractivity contribution is 4.90. The predicted molar refractivity (Wildman–Crippen MR) is 77.3 cm³/mol. The van der Waals surface area contributed by atoms with Crippen LogP contribution in [-0.2, 0) is 0 Å². The van der Waals surface area contributed by atoms with Gasteiger partial charge in [-0.3, -0.25) is 0 Å². The van der Waals surface area contributed by atoms with Gasteiger partial charge >= 0.3 is 0 Å². The van der Waals surface area contributed by atoms with Crippen molar-refractivity contribution in [2.45, 2.75) is 85.1 Å². The molecule has 1 saturated carbocycles. The fourth-order valence-corrected chi connectivity index (χ4v) is 3.28. The molecule has 0 spiro atoms. The van der Waals surface area contributed by atoms with Gasteiger partial charge in [-0.25, -0.2) is 0 Å². The third-order valence-electron chi connectivity index (χ3n) is 4.59. The maximum atomic E-state index is 3.77. The van der Waals surface area contributed by atoms with E-state index in [-0.39, 0.29) is 5.54 Å². The Kier molecular flexibility index (Phi) is 5.50. The molecule has 0 heterocycles. The summed E-state index contributed by atoms with van der Waals surface area (Å²) in [6.07, 6.45) is 9.95. The van der Waals surface area contributed by atoms with Crippen LogP contribution in [0.4, 0.5) is 0 Å². The van der Waals surface area contributed by atoms with Crippen LogP contribution in [0.2, 0.25) is 0 Å². The van der Waals surface area contributed by atoms with E-state index in [1.54, 1.807) is 0 Å². The summed E-state index contributed by atoms with van der Waals surface area (Å²) in [5.41, 5.74) is 0.845. The molecule has 1 atom stereocenters. The van der Waals surface area contributed by atoms with Crippen molar-refractivity contribution in [3.05, 3.63) is 0 Å². The maximum absolute atomic E-state index is 3.77. The van der Waals surface area contributed by atoms with Crippen molar-refractivity contribution >= 4 is 0 Å². The first-order chi connectivity index (χ1) is 7.90. The molecule has 1 unspecified atom stereocenters. The molecule has 0 aromatic heterocycles. The summed E-state index contributed by atoms with van der Waals surface area (Å²) >= 11 is 0. The van der Waals surface area contributed by atoms with E-state index < -0.39 is 0 Å². The number of nitrogens with one attached hydrogen (secondary N) is 1. The molecule has 1 fully saturated rings. The summed E-state index contributed by atoms with van der Waals surface area (Å²) in [6.45, 7) is 12.9. The van der Waals surface area contributed by atoms with Crippen molar-refractivity contribution in [1.82, 2.24) is 5.32 Å². The van der Waals surface area contributed by atoms with Crippen molar-refractivity contribution in [2.75, 3.05) is 6.54 Å². The largest absolute Gasteiger partial charge is 0.312 e. The van der Waals surface area contributed by atoms with Gasteiger partial charge in [0.15, 0.2) is 0 Å². The summed E-state index contributed by atoms with van der Waals surface area (Å²) in [7, 11) is 0. The molecule has 0 saturated heterocycles. The summed E-state index contributed by atoms with van der Waals surface area (Å²) in [5, 5.41) is 3.77. The molecule has 0 radical (unpaired) electrons. The Morgan fingerprint density at radius 2 is 1.71 bits per heavy atom. The Balaban J connectivity index is 2.64. The SMILES string of the molecule is CCCC(C)C1(CNC(C)(C)C)CCCCC1. The minimum atomic E-state index is 0.260. The van der Waals surface area contributed by atoms with E-state index in [0.717, 1.165) is 5.92 Å². The Labute approximate surface area is 109 Å². The number of hydrogen-bond acceptors (Lipinski definition) is 1. The van der Waals surface area contributed by atoms with E-state index in [1.165, 1.54) is 51.5 Å². The quantitative estimate of drug-likeness (QED) is 0.729. The van der Waals surface area contributed by atoms with Crippen LogP contribution in [0.15, 0.2) is 0 Å². The van der Waals surface area contributed by atoms with Gasteiger partial charge in [0.2, 0.25) is 0 Å². The Morgan fingerprint density at radius 3 is 2.18 bits per heavy atom. The van der Waals surface area contributed by atoms with Crippen LogP contribution in [0.1, 0.15) is 79.6 Å². The second-order valence-electron chi connectivity index (χ2n) is 7.22. The van der Waals surface area contributed by atoms with Crippen molar-refractivity contribution < 1.29 is 0 Å². The second kappa shape index (κ2) is 6.22. The van der Waals surface area contributed by atoms with Crippen molar-refractivity contribution in [1.29, 1.82) is 0 Å². The standard InChI is InChI=1S/C16H33N/c1-6-10-14(2)16(11-8-7-9-12-16)13-17-15(3,4)5/h14,17H,6-13H2,1-5H3. The average Bonchev–Trinajstić information content (AvgIpc) is 2.27. The van der Waals surface area contributed by atoms with Crippen molar-refractivity contribution in [2.24, 2.45) is 11.3 Å². The molecule has 1 nitrogen and oxygen atoms in total. The normalized spacial score (nSPS) is 22.4. The maximum Gasteiger partial charge on any atom is 0.00967 e. The molecular formula is C16H33N. The van der Waals surface area contributed by atoms with E-state index in [2.05, 4.69) is 39.9 Å². The lowest BCUT2D eigenvalue weighted by Crippen LogP contribution is -2.47. The summed E-state index contributed by atoms with van der Waals surface area (Å²) in [4.78, 5) is 0. The number of rotatable bonds is 5. The minimum absolute atomic E-state index is 0.260. The van der Waals surface area contributed by atoms with E-state index in [1.807, 2.05) is 0 Å². The highest BCUT2D eigenvalue weighted by Gasteiger charge is 2.37. The van der Waals surface area contributed by atoms with Crippen LogP contribution < -0.4 is 5.32 Å². The topological polar surface area (TPSA) is 12.0 Å². The van der Waals surface area contributed by atoms with E-state index in [0.29, 0.717) is 5.41 Å². The molecule has 0 bridgehead atoms. The summed E-state index contributed by atoms with van der Waals surface area (Å²) in [5.74, 6) is 0.877. The molecule has 1 aliphatic rings. The molecule has 1 rings (SSSR count). The van der Waals surface area contributed by atoms with E-state index in [4.69, 9.17) is 0 Å². The Hall–Kier alpha value is -0.0400. The zero-order valence-electron chi connectivity index (χ0n) is 12.7.